The highest BCUT2D eigenvalue weighted by Gasteiger charge is 2.07. The second kappa shape index (κ2) is 6.99. The Morgan fingerprint density at radius 1 is 1.14 bits per heavy atom. The lowest BCUT2D eigenvalue weighted by Crippen LogP contribution is -2.12. The lowest BCUT2D eigenvalue weighted by atomic mass is 10.1. The zero-order chi connectivity index (χ0) is 15.2. The molecule has 0 amide bonds. The molecule has 0 radical (unpaired) electrons. The van der Waals surface area contributed by atoms with E-state index in [1.54, 1.807) is 0 Å². The molecule has 4 heteroatoms. The van der Waals surface area contributed by atoms with Crippen LogP contribution < -0.4 is 5.32 Å². The summed E-state index contributed by atoms with van der Waals surface area (Å²) in [4.78, 5) is 11.6. The summed E-state index contributed by atoms with van der Waals surface area (Å²) in [6, 6.07) is 15.7. The molecule has 1 N–H and O–H groups in total. The van der Waals surface area contributed by atoms with Crippen LogP contribution in [0.3, 0.4) is 0 Å². The van der Waals surface area contributed by atoms with Crippen LogP contribution in [0.15, 0.2) is 48.5 Å². The maximum absolute atomic E-state index is 10.9. The molecule has 0 aliphatic carbocycles. The molecular weight excluding hydrogens is 282 g/mol. The predicted molar refractivity (Wildman–Crippen MR) is 88.4 cm³/mol. The van der Waals surface area contributed by atoms with Gasteiger partial charge >= 0.3 is 5.97 Å². The Hall–Kier alpha value is -2.20. The van der Waals surface area contributed by atoms with Gasteiger partial charge in [0.1, 0.15) is 11.6 Å². The summed E-state index contributed by atoms with van der Waals surface area (Å²) < 4.78 is 5.05. The summed E-state index contributed by atoms with van der Waals surface area (Å²) in [6.07, 6.45) is 0. The summed E-state index contributed by atoms with van der Waals surface area (Å²) in [7, 11) is 0. The smallest absolute Gasteiger partial charge is 0.302 e. The molecule has 0 saturated heterocycles. The highest BCUT2D eigenvalue weighted by Crippen LogP contribution is 2.18. The van der Waals surface area contributed by atoms with Crippen LogP contribution >= 0.6 is 12.2 Å². The fourth-order valence-corrected chi connectivity index (χ4v) is 2.09. The molecule has 0 saturated carbocycles. The second-order valence-corrected chi connectivity index (χ2v) is 5.17. The molecule has 2 aromatic carbocycles. The fraction of sp³-hybridized carbons (Fsp3) is 0.176. The molecule has 2 rings (SSSR count). The highest BCUT2D eigenvalue weighted by molar-refractivity contribution is 7.81. The molecule has 0 unspecified atom stereocenters. The first-order valence-electron chi connectivity index (χ1n) is 6.65. The number of hydrogen-bond donors (Lipinski definition) is 1. The Bertz CT molecular complexity index is 650. The number of esters is 1. The number of hydrogen-bond acceptors (Lipinski definition) is 3. The SMILES string of the molecule is CC(=O)OCc1ccccc1NC(=S)c1ccc(C)cc1. The van der Waals surface area contributed by atoms with Gasteiger partial charge in [0.15, 0.2) is 0 Å². The number of carbonyl (C=O) groups is 1. The van der Waals surface area contributed by atoms with E-state index in [9.17, 15) is 4.79 Å². The van der Waals surface area contributed by atoms with Crippen molar-refractivity contribution in [3.05, 3.63) is 65.2 Å². The van der Waals surface area contributed by atoms with Crippen molar-refractivity contribution < 1.29 is 9.53 Å². The minimum absolute atomic E-state index is 0.231. The van der Waals surface area contributed by atoms with Crippen LogP contribution in [-0.4, -0.2) is 11.0 Å². The Morgan fingerprint density at radius 3 is 2.48 bits per heavy atom. The maximum atomic E-state index is 10.9. The average Bonchev–Trinajstić information content (AvgIpc) is 2.47. The zero-order valence-corrected chi connectivity index (χ0v) is 12.9. The van der Waals surface area contributed by atoms with Crippen LogP contribution in [0.1, 0.15) is 23.6 Å². The Kier molecular flexibility index (Phi) is 5.06. The highest BCUT2D eigenvalue weighted by atomic mass is 32.1. The number of nitrogens with one attached hydrogen (secondary N) is 1. The lowest BCUT2D eigenvalue weighted by Gasteiger charge is -2.13. The summed E-state index contributed by atoms with van der Waals surface area (Å²) in [5.41, 5.74) is 3.89. The number of aryl methyl sites for hydroxylation is 1. The molecule has 0 aliphatic rings. The zero-order valence-electron chi connectivity index (χ0n) is 12.1. The van der Waals surface area contributed by atoms with Gasteiger partial charge in [-0.2, -0.15) is 0 Å². The Morgan fingerprint density at radius 2 is 1.81 bits per heavy atom. The van der Waals surface area contributed by atoms with Crippen molar-refractivity contribution in [3.63, 3.8) is 0 Å². The van der Waals surface area contributed by atoms with Gasteiger partial charge in [-0.25, -0.2) is 0 Å². The average molecular weight is 299 g/mol. The van der Waals surface area contributed by atoms with Crippen molar-refractivity contribution in [2.75, 3.05) is 5.32 Å². The van der Waals surface area contributed by atoms with Crippen molar-refractivity contribution in [3.8, 4) is 0 Å². The van der Waals surface area contributed by atoms with E-state index in [0.717, 1.165) is 16.8 Å². The Balaban J connectivity index is 2.13. The van der Waals surface area contributed by atoms with E-state index < -0.39 is 0 Å². The van der Waals surface area contributed by atoms with Crippen molar-refractivity contribution in [2.24, 2.45) is 0 Å². The van der Waals surface area contributed by atoms with Gasteiger partial charge in [-0.15, -0.1) is 0 Å². The van der Waals surface area contributed by atoms with Crippen molar-refractivity contribution in [1.29, 1.82) is 0 Å². The number of rotatable bonds is 4. The summed E-state index contributed by atoms with van der Waals surface area (Å²) >= 11 is 5.42. The molecule has 2 aromatic rings. The molecule has 108 valence electrons. The summed E-state index contributed by atoms with van der Waals surface area (Å²) in [5, 5.41) is 3.21. The van der Waals surface area contributed by atoms with Crippen molar-refractivity contribution in [2.45, 2.75) is 20.5 Å². The van der Waals surface area contributed by atoms with Crippen LogP contribution in [0, 0.1) is 6.92 Å². The number of carbonyl (C=O) groups excluding carboxylic acids is 1. The third-order valence-corrected chi connectivity index (χ3v) is 3.35. The second-order valence-electron chi connectivity index (χ2n) is 4.76. The molecule has 0 atom stereocenters. The molecule has 0 aromatic heterocycles. The van der Waals surface area contributed by atoms with E-state index in [4.69, 9.17) is 17.0 Å². The molecular formula is C17H17NO2S. The van der Waals surface area contributed by atoms with Crippen LogP contribution in [-0.2, 0) is 16.1 Å². The first kappa shape index (κ1) is 15.2. The van der Waals surface area contributed by atoms with E-state index in [2.05, 4.69) is 5.32 Å². The third-order valence-electron chi connectivity index (χ3n) is 3.01. The fourth-order valence-electron chi connectivity index (χ4n) is 1.85. The van der Waals surface area contributed by atoms with Crippen molar-refractivity contribution >= 4 is 28.9 Å². The first-order valence-corrected chi connectivity index (χ1v) is 7.06. The van der Waals surface area contributed by atoms with E-state index in [1.165, 1.54) is 12.5 Å². The molecule has 0 heterocycles. The number of para-hydroxylation sites is 1. The molecule has 0 spiro atoms. The van der Waals surface area contributed by atoms with Crippen LogP contribution in [0.4, 0.5) is 5.69 Å². The summed E-state index contributed by atoms with van der Waals surface area (Å²) in [5.74, 6) is -0.300. The van der Waals surface area contributed by atoms with Crippen molar-refractivity contribution in [1.82, 2.24) is 0 Å². The minimum Gasteiger partial charge on any atom is -0.461 e. The topological polar surface area (TPSA) is 38.3 Å². The normalized spacial score (nSPS) is 10.0. The van der Waals surface area contributed by atoms with Gasteiger partial charge in [-0.1, -0.05) is 60.2 Å². The Labute approximate surface area is 129 Å². The van der Waals surface area contributed by atoms with Gasteiger partial charge in [0.25, 0.3) is 0 Å². The van der Waals surface area contributed by atoms with E-state index in [1.807, 2.05) is 55.5 Å². The van der Waals surface area contributed by atoms with Gasteiger partial charge < -0.3 is 10.1 Å². The number of ether oxygens (including phenoxy) is 1. The first-order chi connectivity index (χ1) is 10.1. The standard InChI is InChI=1S/C17H17NO2S/c1-12-7-9-14(10-8-12)17(21)18-16-6-4-3-5-15(16)11-20-13(2)19/h3-10H,11H2,1-2H3,(H,18,21). The monoisotopic (exact) mass is 299 g/mol. The van der Waals surface area contributed by atoms with E-state index in [-0.39, 0.29) is 12.6 Å². The van der Waals surface area contributed by atoms with E-state index in [0.29, 0.717) is 4.99 Å². The molecule has 3 nitrogen and oxygen atoms in total. The number of thiocarbonyl (C=S) groups is 1. The van der Waals surface area contributed by atoms with Gasteiger partial charge in [-0.3, -0.25) is 4.79 Å². The summed E-state index contributed by atoms with van der Waals surface area (Å²) in [6.45, 7) is 3.66. The van der Waals surface area contributed by atoms with Gasteiger partial charge in [-0.05, 0) is 13.0 Å². The van der Waals surface area contributed by atoms with Crippen LogP contribution in [0.2, 0.25) is 0 Å². The molecule has 0 bridgehead atoms. The predicted octanol–water partition coefficient (Wildman–Crippen LogP) is 3.85. The maximum Gasteiger partial charge on any atom is 0.302 e. The molecule has 21 heavy (non-hydrogen) atoms. The van der Waals surface area contributed by atoms with Crippen LogP contribution in [0.25, 0.3) is 0 Å². The largest absolute Gasteiger partial charge is 0.461 e. The molecule has 0 aliphatic heterocycles. The number of benzene rings is 2. The van der Waals surface area contributed by atoms with Crippen LogP contribution in [0.5, 0.6) is 0 Å². The van der Waals surface area contributed by atoms with Gasteiger partial charge in [0.2, 0.25) is 0 Å². The van der Waals surface area contributed by atoms with Gasteiger partial charge in [0.05, 0.1) is 0 Å². The lowest BCUT2D eigenvalue weighted by molar-refractivity contribution is -0.142. The molecule has 0 fully saturated rings. The van der Waals surface area contributed by atoms with E-state index >= 15 is 0 Å². The quantitative estimate of drug-likeness (QED) is 0.687. The number of anilines is 1. The minimum atomic E-state index is -0.300. The van der Waals surface area contributed by atoms with Gasteiger partial charge in [0, 0.05) is 23.7 Å². The third kappa shape index (κ3) is 4.39.